The molecule has 2 nitrogen and oxygen atoms in total. The average Bonchev–Trinajstić information content (AvgIpc) is 2.39. The molecule has 0 bridgehead atoms. The Bertz CT molecular complexity index is 197. The number of carbonyl (C=O) groups is 1. The third-order valence-electron chi connectivity index (χ3n) is 3.17. The molecule has 18 heavy (non-hydrogen) atoms. The van der Waals surface area contributed by atoms with Crippen LogP contribution in [0, 0.1) is 5.92 Å². The van der Waals surface area contributed by atoms with Gasteiger partial charge in [-0.3, -0.25) is 4.79 Å². The van der Waals surface area contributed by atoms with Gasteiger partial charge < -0.3 is 5.32 Å². The van der Waals surface area contributed by atoms with Crippen molar-refractivity contribution in [2.24, 2.45) is 5.92 Å². The lowest BCUT2D eigenvalue weighted by Gasteiger charge is -2.16. The van der Waals surface area contributed by atoms with Crippen molar-refractivity contribution in [1.29, 1.82) is 0 Å². The van der Waals surface area contributed by atoms with Crippen molar-refractivity contribution >= 4 is 5.78 Å². The van der Waals surface area contributed by atoms with Gasteiger partial charge >= 0.3 is 0 Å². The van der Waals surface area contributed by atoms with E-state index in [4.69, 9.17) is 0 Å². The quantitative estimate of drug-likeness (QED) is 0.464. The summed E-state index contributed by atoms with van der Waals surface area (Å²) in [5.74, 6) is 0.475. The highest BCUT2D eigenvalue weighted by molar-refractivity contribution is 5.78. The van der Waals surface area contributed by atoms with Crippen LogP contribution >= 0.6 is 0 Å². The van der Waals surface area contributed by atoms with Gasteiger partial charge in [0.15, 0.2) is 0 Å². The lowest BCUT2D eigenvalue weighted by atomic mass is 9.95. The smallest absolute Gasteiger partial charge is 0.133 e. The molecule has 0 rings (SSSR count). The predicted octanol–water partition coefficient (Wildman–Crippen LogP) is 4.35. The standard InChI is InChI=1S/C14H27NO.C2H6/c1-5-9-13(12(4)16)10-8-11-15-14(6-2)7-3;1-2/h5,13-15H,1,6-11H2,2-4H3;1-2H3. The molecular weight excluding hydrogens is 222 g/mol. The van der Waals surface area contributed by atoms with Crippen LogP contribution in [0.5, 0.6) is 0 Å². The third kappa shape index (κ3) is 10.5. The second-order valence-corrected chi connectivity index (χ2v) is 4.44. The number of nitrogens with one attached hydrogen (secondary N) is 1. The molecule has 0 aromatic rings. The zero-order valence-electron chi connectivity index (χ0n) is 13.1. The maximum atomic E-state index is 11.3. The van der Waals surface area contributed by atoms with Gasteiger partial charge in [0, 0.05) is 12.0 Å². The fourth-order valence-electron chi connectivity index (χ4n) is 1.92. The van der Waals surface area contributed by atoms with E-state index in [1.165, 1.54) is 12.8 Å². The van der Waals surface area contributed by atoms with Gasteiger partial charge in [0.2, 0.25) is 0 Å². The van der Waals surface area contributed by atoms with E-state index in [9.17, 15) is 4.79 Å². The summed E-state index contributed by atoms with van der Waals surface area (Å²) >= 11 is 0. The minimum Gasteiger partial charge on any atom is -0.314 e. The largest absolute Gasteiger partial charge is 0.314 e. The van der Waals surface area contributed by atoms with Crippen LogP contribution in [0.1, 0.15) is 66.7 Å². The van der Waals surface area contributed by atoms with E-state index in [-0.39, 0.29) is 5.92 Å². The van der Waals surface area contributed by atoms with E-state index in [0.717, 1.165) is 25.8 Å². The second kappa shape index (κ2) is 14.4. The Labute approximate surface area is 114 Å². The molecule has 0 aliphatic rings. The minimum atomic E-state index is 0.181. The molecule has 0 fully saturated rings. The molecule has 1 atom stereocenters. The van der Waals surface area contributed by atoms with E-state index in [1.807, 2.05) is 19.9 Å². The van der Waals surface area contributed by atoms with E-state index in [1.54, 1.807) is 6.92 Å². The minimum absolute atomic E-state index is 0.181. The van der Waals surface area contributed by atoms with E-state index in [0.29, 0.717) is 11.8 Å². The van der Waals surface area contributed by atoms with E-state index in [2.05, 4.69) is 25.7 Å². The second-order valence-electron chi connectivity index (χ2n) is 4.44. The summed E-state index contributed by atoms with van der Waals surface area (Å²) in [5.41, 5.74) is 0. The lowest BCUT2D eigenvalue weighted by Crippen LogP contribution is -2.29. The zero-order chi connectivity index (χ0) is 14.4. The molecule has 0 amide bonds. The van der Waals surface area contributed by atoms with Crippen LogP contribution in [-0.4, -0.2) is 18.4 Å². The van der Waals surface area contributed by atoms with Gasteiger partial charge in [0.1, 0.15) is 5.78 Å². The maximum absolute atomic E-state index is 11.3. The molecule has 2 heteroatoms. The fourth-order valence-corrected chi connectivity index (χ4v) is 1.92. The lowest BCUT2D eigenvalue weighted by molar-refractivity contribution is -0.120. The Morgan fingerprint density at radius 1 is 1.28 bits per heavy atom. The van der Waals surface area contributed by atoms with Gasteiger partial charge in [-0.1, -0.05) is 33.8 Å². The number of rotatable bonds is 10. The first-order valence-electron chi connectivity index (χ1n) is 7.50. The number of carbonyl (C=O) groups excluding carboxylic acids is 1. The fraction of sp³-hybridized carbons (Fsp3) is 0.812. The van der Waals surface area contributed by atoms with Crippen molar-refractivity contribution in [3.63, 3.8) is 0 Å². The summed E-state index contributed by atoms with van der Waals surface area (Å²) in [6.07, 6.45) is 7.09. The summed E-state index contributed by atoms with van der Waals surface area (Å²) < 4.78 is 0. The van der Waals surface area contributed by atoms with E-state index < -0.39 is 0 Å². The molecule has 0 aliphatic carbocycles. The average molecular weight is 255 g/mol. The van der Waals surface area contributed by atoms with Crippen LogP contribution in [0.3, 0.4) is 0 Å². The highest BCUT2D eigenvalue weighted by Crippen LogP contribution is 2.12. The van der Waals surface area contributed by atoms with Crippen LogP contribution in [0.2, 0.25) is 0 Å². The topological polar surface area (TPSA) is 29.1 Å². The summed E-state index contributed by atoms with van der Waals surface area (Å²) in [5, 5.41) is 3.52. The van der Waals surface area contributed by atoms with Crippen molar-refractivity contribution in [3.8, 4) is 0 Å². The summed E-state index contributed by atoms with van der Waals surface area (Å²) in [6.45, 7) is 14.8. The molecule has 1 N–H and O–H groups in total. The molecule has 1 unspecified atom stereocenters. The van der Waals surface area contributed by atoms with Crippen LogP contribution in [0.4, 0.5) is 0 Å². The number of hydrogen-bond acceptors (Lipinski definition) is 2. The first kappa shape index (κ1) is 19.7. The molecule has 0 heterocycles. The Balaban J connectivity index is 0. The molecule has 0 aromatic heterocycles. The van der Waals surface area contributed by atoms with Crippen LogP contribution < -0.4 is 5.32 Å². The monoisotopic (exact) mass is 255 g/mol. The van der Waals surface area contributed by atoms with Crippen molar-refractivity contribution in [3.05, 3.63) is 12.7 Å². The molecule has 0 aliphatic heterocycles. The van der Waals surface area contributed by atoms with E-state index >= 15 is 0 Å². The molecule has 0 saturated heterocycles. The number of Topliss-reactive ketones (excluding diaryl/α,β-unsaturated/α-hetero) is 1. The molecule has 0 radical (unpaired) electrons. The molecule has 108 valence electrons. The van der Waals surface area contributed by atoms with Crippen molar-refractivity contribution in [2.75, 3.05) is 6.54 Å². The molecule has 0 spiro atoms. The number of hydrogen-bond donors (Lipinski definition) is 1. The van der Waals surface area contributed by atoms with Crippen LogP contribution in [0.25, 0.3) is 0 Å². The summed E-state index contributed by atoms with van der Waals surface area (Å²) in [7, 11) is 0. The highest BCUT2D eigenvalue weighted by Gasteiger charge is 2.11. The van der Waals surface area contributed by atoms with Gasteiger partial charge in [-0.25, -0.2) is 0 Å². The molecular formula is C16H33NO. The Morgan fingerprint density at radius 3 is 2.22 bits per heavy atom. The summed E-state index contributed by atoms with van der Waals surface area (Å²) in [4.78, 5) is 11.3. The van der Waals surface area contributed by atoms with Crippen molar-refractivity contribution in [1.82, 2.24) is 5.32 Å². The third-order valence-corrected chi connectivity index (χ3v) is 3.17. The Morgan fingerprint density at radius 2 is 1.83 bits per heavy atom. The zero-order valence-corrected chi connectivity index (χ0v) is 13.1. The van der Waals surface area contributed by atoms with Gasteiger partial charge in [0.25, 0.3) is 0 Å². The first-order valence-corrected chi connectivity index (χ1v) is 7.50. The van der Waals surface area contributed by atoms with Crippen molar-refractivity contribution < 1.29 is 4.79 Å². The van der Waals surface area contributed by atoms with Crippen LogP contribution in [-0.2, 0) is 4.79 Å². The summed E-state index contributed by atoms with van der Waals surface area (Å²) in [6, 6.07) is 0.634. The molecule has 0 saturated carbocycles. The van der Waals surface area contributed by atoms with Gasteiger partial charge in [-0.15, -0.1) is 6.58 Å². The predicted molar refractivity (Wildman–Crippen MR) is 81.9 cm³/mol. The SMILES string of the molecule is C=CCC(CCCNC(CC)CC)C(C)=O.CC. The Kier molecular flexibility index (Phi) is 15.8. The highest BCUT2D eigenvalue weighted by atomic mass is 16.1. The van der Waals surface area contributed by atoms with Gasteiger partial charge in [-0.05, 0) is 45.6 Å². The maximum Gasteiger partial charge on any atom is 0.133 e. The number of ketones is 1. The van der Waals surface area contributed by atoms with Crippen molar-refractivity contribution in [2.45, 2.75) is 72.8 Å². The molecule has 0 aromatic carbocycles. The van der Waals surface area contributed by atoms with Gasteiger partial charge in [0.05, 0.1) is 0 Å². The van der Waals surface area contributed by atoms with Gasteiger partial charge in [-0.2, -0.15) is 0 Å². The van der Waals surface area contributed by atoms with Crippen LogP contribution in [0.15, 0.2) is 12.7 Å². The normalized spacial score (nSPS) is 11.7. The first-order chi connectivity index (χ1) is 8.65. The number of allylic oxidation sites excluding steroid dienone is 1. The Hall–Kier alpha value is -0.630.